The molecule has 1 aliphatic rings. The van der Waals surface area contributed by atoms with Gasteiger partial charge < -0.3 is 25.6 Å². The Morgan fingerprint density at radius 2 is 1.73 bits per heavy atom. The fourth-order valence-corrected chi connectivity index (χ4v) is 3.07. The minimum Gasteiger partial charge on any atom is -0.444 e. The Kier molecular flexibility index (Phi) is 12.0. The summed E-state index contributed by atoms with van der Waals surface area (Å²) >= 11 is 0. The van der Waals surface area contributed by atoms with Crippen molar-refractivity contribution in [3.8, 4) is 0 Å². The van der Waals surface area contributed by atoms with Crippen LogP contribution < -0.4 is 11.1 Å². The van der Waals surface area contributed by atoms with Gasteiger partial charge in [-0.1, -0.05) is 0 Å². The summed E-state index contributed by atoms with van der Waals surface area (Å²) in [4.78, 5) is 32.6. The second kappa shape index (κ2) is 12.6. The quantitative estimate of drug-likeness (QED) is 0.294. The van der Waals surface area contributed by atoms with Crippen molar-refractivity contribution in [1.29, 1.82) is 0 Å². The van der Waals surface area contributed by atoms with E-state index in [-0.39, 0.29) is 36.0 Å². The SMILES string of the molecule is CCNC(=NCC(C)(C)C(N)=O)N1CCC(CN(CC)C(=O)OC(C)(C)C)CC1.I. The van der Waals surface area contributed by atoms with Crippen molar-refractivity contribution in [3.05, 3.63) is 0 Å². The summed E-state index contributed by atoms with van der Waals surface area (Å²) in [6.07, 6.45) is 1.71. The van der Waals surface area contributed by atoms with Crippen LogP contribution in [-0.2, 0) is 9.53 Å². The predicted octanol–water partition coefficient (Wildman–Crippen LogP) is 3.05. The molecule has 3 N–H and O–H groups in total. The molecule has 1 aliphatic heterocycles. The van der Waals surface area contributed by atoms with E-state index in [0.717, 1.165) is 38.4 Å². The molecule has 30 heavy (non-hydrogen) atoms. The lowest BCUT2D eigenvalue weighted by Gasteiger charge is -2.36. The zero-order valence-electron chi connectivity index (χ0n) is 19.8. The van der Waals surface area contributed by atoms with Gasteiger partial charge in [-0.25, -0.2) is 4.79 Å². The first-order valence-electron chi connectivity index (χ1n) is 10.7. The Bertz CT molecular complexity index is 582. The van der Waals surface area contributed by atoms with Gasteiger partial charge >= 0.3 is 6.09 Å². The van der Waals surface area contributed by atoms with Crippen molar-refractivity contribution in [2.75, 3.05) is 39.3 Å². The Morgan fingerprint density at radius 1 is 1.17 bits per heavy atom. The van der Waals surface area contributed by atoms with Crippen molar-refractivity contribution in [2.45, 2.75) is 66.9 Å². The van der Waals surface area contributed by atoms with Gasteiger partial charge in [-0.3, -0.25) is 9.79 Å². The van der Waals surface area contributed by atoms with E-state index in [1.807, 2.05) is 48.5 Å². The molecule has 1 fully saturated rings. The first-order chi connectivity index (χ1) is 13.4. The minimum absolute atomic E-state index is 0. The number of guanidine groups is 1. The maximum absolute atomic E-state index is 12.4. The highest BCUT2D eigenvalue weighted by Gasteiger charge is 2.28. The number of ether oxygens (including phenoxy) is 1. The van der Waals surface area contributed by atoms with Crippen LogP contribution in [0, 0.1) is 11.3 Å². The summed E-state index contributed by atoms with van der Waals surface area (Å²) < 4.78 is 5.52. The molecule has 1 saturated heterocycles. The molecule has 0 aromatic rings. The average molecular weight is 540 g/mol. The number of carbonyl (C=O) groups is 2. The zero-order chi connectivity index (χ0) is 22.2. The minimum atomic E-state index is -0.673. The topological polar surface area (TPSA) is 100 Å². The van der Waals surface area contributed by atoms with Crippen LogP contribution in [0.3, 0.4) is 0 Å². The number of nitrogens with one attached hydrogen (secondary N) is 1. The summed E-state index contributed by atoms with van der Waals surface area (Å²) in [6.45, 7) is 17.5. The Labute approximate surface area is 199 Å². The molecule has 1 rings (SSSR count). The molecule has 0 spiro atoms. The third-order valence-corrected chi connectivity index (χ3v) is 5.05. The Hall–Kier alpha value is -1.26. The molecule has 0 bridgehead atoms. The van der Waals surface area contributed by atoms with Crippen LogP contribution in [-0.4, -0.2) is 72.6 Å². The molecular weight excluding hydrogens is 497 g/mol. The van der Waals surface area contributed by atoms with Gasteiger partial charge in [-0.15, -0.1) is 24.0 Å². The first kappa shape index (κ1) is 28.7. The van der Waals surface area contributed by atoms with E-state index in [0.29, 0.717) is 25.6 Å². The van der Waals surface area contributed by atoms with E-state index in [9.17, 15) is 9.59 Å². The van der Waals surface area contributed by atoms with Crippen LogP contribution in [0.25, 0.3) is 0 Å². The van der Waals surface area contributed by atoms with Crippen molar-refractivity contribution in [3.63, 3.8) is 0 Å². The van der Waals surface area contributed by atoms with Crippen LogP contribution in [0.4, 0.5) is 4.79 Å². The lowest BCUT2D eigenvalue weighted by Crippen LogP contribution is -2.48. The summed E-state index contributed by atoms with van der Waals surface area (Å²) in [6, 6.07) is 0. The van der Waals surface area contributed by atoms with E-state index in [1.165, 1.54) is 0 Å². The lowest BCUT2D eigenvalue weighted by atomic mass is 9.93. The number of likely N-dealkylation sites (tertiary alicyclic amines) is 1. The third-order valence-electron chi connectivity index (χ3n) is 5.05. The van der Waals surface area contributed by atoms with Gasteiger partial charge in [0.25, 0.3) is 0 Å². The molecule has 0 aromatic carbocycles. The number of piperidine rings is 1. The van der Waals surface area contributed by atoms with Gasteiger partial charge in [0.05, 0.1) is 12.0 Å². The number of aliphatic imine (C=N–C) groups is 1. The average Bonchev–Trinajstić information content (AvgIpc) is 2.62. The second-order valence-electron chi connectivity index (χ2n) is 9.37. The number of carbonyl (C=O) groups excluding carboxylic acids is 2. The normalized spacial score (nSPS) is 16.0. The third kappa shape index (κ3) is 9.70. The van der Waals surface area contributed by atoms with E-state index >= 15 is 0 Å². The van der Waals surface area contributed by atoms with Crippen molar-refractivity contribution in [1.82, 2.24) is 15.1 Å². The van der Waals surface area contributed by atoms with Gasteiger partial charge in [0.2, 0.25) is 5.91 Å². The highest BCUT2D eigenvalue weighted by atomic mass is 127. The van der Waals surface area contributed by atoms with Crippen LogP contribution >= 0.6 is 24.0 Å². The zero-order valence-corrected chi connectivity index (χ0v) is 22.1. The largest absolute Gasteiger partial charge is 0.444 e. The molecule has 0 atom stereocenters. The number of primary amides is 1. The van der Waals surface area contributed by atoms with E-state index in [1.54, 1.807) is 4.90 Å². The van der Waals surface area contributed by atoms with Crippen molar-refractivity contribution < 1.29 is 14.3 Å². The molecule has 0 radical (unpaired) electrons. The molecule has 0 saturated carbocycles. The number of halogens is 1. The van der Waals surface area contributed by atoms with E-state index in [2.05, 4.69) is 15.2 Å². The van der Waals surface area contributed by atoms with Gasteiger partial charge in [0.15, 0.2) is 5.96 Å². The van der Waals surface area contributed by atoms with E-state index < -0.39 is 11.0 Å². The van der Waals surface area contributed by atoms with Gasteiger partial charge in [0.1, 0.15) is 5.60 Å². The van der Waals surface area contributed by atoms with Gasteiger partial charge in [0, 0.05) is 32.7 Å². The monoisotopic (exact) mass is 539 g/mol. The summed E-state index contributed by atoms with van der Waals surface area (Å²) in [5.41, 5.74) is 4.31. The highest BCUT2D eigenvalue weighted by molar-refractivity contribution is 14.0. The molecule has 2 amide bonds. The molecule has 0 aliphatic carbocycles. The number of amides is 2. The number of rotatable bonds is 7. The van der Waals surface area contributed by atoms with Crippen LogP contribution in [0.15, 0.2) is 4.99 Å². The van der Waals surface area contributed by atoms with Gasteiger partial charge in [-0.05, 0) is 67.2 Å². The smallest absolute Gasteiger partial charge is 0.410 e. The molecule has 0 aromatic heterocycles. The fraction of sp³-hybridized carbons (Fsp3) is 0.857. The molecular formula is C21H42IN5O3. The maximum atomic E-state index is 12.4. The number of nitrogens with two attached hydrogens (primary N) is 1. The van der Waals surface area contributed by atoms with Crippen LogP contribution in [0.2, 0.25) is 0 Å². The molecule has 8 nitrogen and oxygen atoms in total. The number of nitrogens with zero attached hydrogens (tertiary/aromatic N) is 3. The molecule has 0 unspecified atom stereocenters. The summed E-state index contributed by atoms with van der Waals surface area (Å²) in [5.74, 6) is 0.904. The Morgan fingerprint density at radius 3 is 2.17 bits per heavy atom. The number of hydrogen-bond acceptors (Lipinski definition) is 4. The number of hydrogen-bond donors (Lipinski definition) is 2. The van der Waals surface area contributed by atoms with Crippen molar-refractivity contribution >= 4 is 41.9 Å². The van der Waals surface area contributed by atoms with E-state index in [4.69, 9.17) is 10.5 Å². The molecule has 9 heteroatoms. The second-order valence-corrected chi connectivity index (χ2v) is 9.37. The van der Waals surface area contributed by atoms with Crippen LogP contribution in [0.5, 0.6) is 0 Å². The standard InChI is InChI=1S/C21H41N5O3.HI/c1-8-23-18(24-15-21(6,7)17(22)27)26-12-10-16(11-13-26)14-25(9-2)19(28)29-20(3,4)5;/h16H,8-15H2,1-7H3,(H2,22,27)(H,23,24);1H. The Balaban J connectivity index is 0.00000841. The predicted molar refractivity (Wildman–Crippen MR) is 132 cm³/mol. The maximum Gasteiger partial charge on any atom is 0.410 e. The van der Waals surface area contributed by atoms with Crippen molar-refractivity contribution in [2.24, 2.45) is 22.1 Å². The summed E-state index contributed by atoms with van der Waals surface area (Å²) in [7, 11) is 0. The van der Waals surface area contributed by atoms with Gasteiger partial charge in [-0.2, -0.15) is 0 Å². The first-order valence-corrected chi connectivity index (χ1v) is 10.7. The molecule has 1 heterocycles. The van der Waals surface area contributed by atoms with Crippen LogP contribution in [0.1, 0.15) is 61.3 Å². The fourth-order valence-electron chi connectivity index (χ4n) is 3.07. The molecule has 176 valence electrons. The summed E-state index contributed by atoms with van der Waals surface area (Å²) in [5, 5.41) is 3.31. The highest BCUT2D eigenvalue weighted by Crippen LogP contribution is 2.21. The lowest BCUT2D eigenvalue weighted by molar-refractivity contribution is -0.125.